The average Bonchev–Trinajstić information content (AvgIpc) is 2.92. The third-order valence-electron chi connectivity index (χ3n) is 6.25. The van der Waals surface area contributed by atoms with Crippen LogP contribution in [0.1, 0.15) is 30.5 Å². The summed E-state index contributed by atoms with van der Waals surface area (Å²) in [6.45, 7) is 7.13. The average molecular weight is 538 g/mol. The summed E-state index contributed by atoms with van der Waals surface area (Å²) in [6.07, 6.45) is 0. The van der Waals surface area contributed by atoms with E-state index in [1.165, 1.54) is 17.0 Å². The number of carbonyl (C=O) groups is 2. The van der Waals surface area contributed by atoms with Gasteiger partial charge in [0.1, 0.15) is 18.3 Å². The van der Waals surface area contributed by atoms with Crippen LogP contribution < -0.4 is 14.4 Å². The summed E-state index contributed by atoms with van der Waals surface area (Å²) in [5.41, 5.74) is 2.72. The Balaban J connectivity index is 2.06. The lowest BCUT2D eigenvalue weighted by molar-refractivity contribution is -0.139. The lowest BCUT2D eigenvalue weighted by Gasteiger charge is -2.32. The highest BCUT2D eigenvalue weighted by Crippen LogP contribution is 2.28. The number of nitrogens with zero attached hydrogens (tertiary/aromatic N) is 2. The third-order valence-corrected chi connectivity index (χ3v) is 8.02. The molecule has 3 aromatic carbocycles. The van der Waals surface area contributed by atoms with Crippen molar-refractivity contribution in [2.24, 2.45) is 0 Å². The maximum absolute atomic E-state index is 13.9. The van der Waals surface area contributed by atoms with E-state index in [1.807, 2.05) is 25.1 Å². The molecule has 0 unspecified atom stereocenters. The molecule has 0 bridgehead atoms. The van der Waals surface area contributed by atoms with E-state index >= 15 is 0 Å². The number of amides is 2. The highest BCUT2D eigenvalue weighted by molar-refractivity contribution is 7.92. The van der Waals surface area contributed by atoms with Gasteiger partial charge in [-0.2, -0.15) is 0 Å². The predicted octanol–water partition coefficient (Wildman–Crippen LogP) is 4.06. The van der Waals surface area contributed by atoms with Gasteiger partial charge in [-0.25, -0.2) is 8.42 Å². The van der Waals surface area contributed by atoms with Crippen molar-refractivity contribution in [2.75, 3.05) is 24.5 Å². The Morgan fingerprint density at radius 1 is 0.974 bits per heavy atom. The summed E-state index contributed by atoms with van der Waals surface area (Å²) >= 11 is 0. The predicted molar refractivity (Wildman–Crippen MR) is 149 cm³/mol. The molecule has 0 radical (unpaired) electrons. The minimum Gasteiger partial charge on any atom is -0.497 e. The monoisotopic (exact) mass is 537 g/mol. The standard InChI is InChI=1S/C29H35N3O5S/c1-6-30-29(34)23(4)31(19-24-11-10-12-25(18-24)37-5)28(33)20-32(27-17-21(2)15-16-22(27)3)38(35,36)26-13-8-7-9-14-26/h7-18,23H,6,19-20H2,1-5H3,(H,30,34)/t23-/m0/s1. The van der Waals surface area contributed by atoms with Gasteiger partial charge >= 0.3 is 0 Å². The number of anilines is 1. The van der Waals surface area contributed by atoms with Crippen LogP contribution in [0.4, 0.5) is 5.69 Å². The van der Waals surface area contributed by atoms with Crippen LogP contribution in [0, 0.1) is 13.8 Å². The number of aryl methyl sites for hydroxylation is 2. The molecular formula is C29H35N3O5S. The lowest BCUT2D eigenvalue weighted by atomic mass is 10.1. The van der Waals surface area contributed by atoms with Gasteiger partial charge in [-0.05, 0) is 74.7 Å². The van der Waals surface area contributed by atoms with Crippen molar-refractivity contribution in [3.63, 3.8) is 0 Å². The Morgan fingerprint density at radius 2 is 1.68 bits per heavy atom. The number of hydrogen-bond acceptors (Lipinski definition) is 5. The zero-order chi connectivity index (χ0) is 27.9. The molecule has 0 saturated carbocycles. The van der Waals surface area contributed by atoms with Crippen LogP contribution in [0.3, 0.4) is 0 Å². The van der Waals surface area contributed by atoms with Crippen LogP contribution in [0.15, 0.2) is 77.7 Å². The van der Waals surface area contributed by atoms with E-state index in [-0.39, 0.29) is 17.3 Å². The van der Waals surface area contributed by atoms with Crippen LogP contribution in [0.25, 0.3) is 0 Å². The molecule has 0 aliphatic rings. The van der Waals surface area contributed by atoms with Gasteiger partial charge in [0.15, 0.2) is 0 Å². The van der Waals surface area contributed by atoms with Gasteiger partial charge in [0, 0.05) is 13.1 Å². The van der Waals surface area contributed by atoms with Crippen LogP contribution in [0.5, 0.6) is 5.75 Å². The SMILES string of the molecule is CCNC(=O)[C@H](C)N(Cc1cccc(OC)c1)C(=O)CN(c1cc(C)ccc1C)S(=O)(=O)c1ccccc1. The van der Waals surface area contributed by atoms with Crippen LogP contribution in [-0.4, -0.2) is 51.4 Å². The summed E-state index contributed by atoms with van der Waals surface area (Å²) in [5, 5.41) is 2.76. The molecule has 0 aromatic heterocycles. The van der Waals surface area contributed by atoms with Crippen LogP contribution in [0.2, 0.25) is 0 Å². The second-order valence-electron chi connectivity index (χ2n) is 9.06. The number of sulfonamides is 1. The van der Waals surface area contributed by atoms with Gasteiger partial charge in [-0.3, -0.25) is 13.9 Å². The van der Waals surface area contributed by atoms with E-state index in [4.69, 9.17) is 4.74 Å². The number of likely N-dealkylation sites (N-methyl/N-ethyl adjacent to an activating group) is 1. The molecule has 1 atom stereocenters. The number of hydrogen-bond donors (Lipinski definition) is 1. The highest BCUT2D eigenvalue weighted by Gasteiger charge is 2.33. The summed E-state index contributed by atoms with van der Waals surface area (Å²) in [5.74, 6) is -0.218. The van der Waals surface area contributed by atoms with Crippen molar-refractivity contribution in [3.05, 3.63) is 89.5 Å². The number of carbonyl (C=O) groups excluding carboxylic acids is 2. The van der Waals surface area contributed by atoms with Crippen LogP contribution >= 0.6 is 0 Å². The number of nitrogens with one attached hydrogen (secondary N) is 1. The van der Waals surface area contributed by atoms with Gasteiger partial charge in [0.05, 0.1) is 17.7 Å². The molecule has 0 aliphatic carbocycles. The highest BCUT2D eigenvalue weighted by atomic mass is 32.2. The fourth-order valence-corrected chi connectivity index (χ4v) is 5.58. The van der Waals surface area contributed by atoms with E-state index in [0.29, 0.717) is 23.5 Å². The van der Waals surface area contributed by atoms with Gasteiger partial charge < -0.3 is 15.0 Å². The topological polar surface area (TPSA) is 96.0 Å². The maximum Gasteiger partial charge on any atom is 0.264 e. The Kier molecular flexibility index (Phi) is 9.52. The first-order chi connectivity index (χ1) is 18.1. The Hall–Kier alpha value is -3.85. The van der Waals surface area contributed by atoms with Crippen molar-refractivity contribution in [3.8, 4) is 5.75 Å². The van der Waals surface area contributed by atoms with E-state index in [1.54, 1.807) is 70.3 Å². The minimum absolute atomic E-state index is 0.0739. The third kappa shape index (κ3) is 6.72. The number of rotatable bonds is 11. The Bertz CT molecular complexity index is 1380. The van der Waals surface area contributed by atoms with E-state index in [0.717, 1.165) is 15.4 Å². The van der Waals surface area contributed by atoms with Gasteiger partial charge in [-0.1, -0.05) is 42.5 Å². The molecule has 38 heavy (non-hydrogen) atoms. The first-order valence-corrected chi connectivity index (χ1v) is 13.9. The molecule has 202 valence electrons. The van der Waals surface area contributed by atoms with Crippen molar-refractivity contribution in [1.29, 1.82) is 0 Å². The molecular weight excluding hydrogens is 502 g/mol. The Labute approximate surface area is 225 Å². The number of methoxy groups -OCH3 is 1. The van der Waals surface area contributed by atoms with E-state index in [9.17, 15) is 18.0 Å². The van der Waals surface area contributed by atoms with E-state index < -0.39 is 28.5 Å². The first-order valence-electron chi connectivity index (χ1n) is 12.4. The van der Waals surface area contributed by atoms with Gasteiger partial charge in [0.2, 0.25) is 11.8 Å². The Morgan fingerprint density at radius 3 is 2.34 bits per heavy atom. The number of benzene rings is 3. The summed E-state index contributed by atoms with van der Waals surface area (Å²) in [7, 11) is -2.54. The molecule has 1 N–H and O–H groups in total. The largest absolute Gasteiger partial charge is 0.497 e. The normalized spacial score (nSPS) is 11.9. The lowest BCUT2D eigenvalue weighted by Crippen LogP contribution is -2.51. The fraction of sp³-hybridized carbons (Fsp3) is 0.310. The molecule has 0 aliphatic heterocycles. The molecule has 0 spiro atoms. The molecule has 0 heterocycles. The van der Waals surface area contributed by atoms with Crippen molar-refractivity contribution < 1.29 is 22.7 Å². The molecule has 0 fully saturated rings. The molecule has 8 nitrogen and oxygen atoms in total. The zero-order valence-electron chi connectivity index (χ0n) is 22.5. The summed E-state index contributed by atoms with van der Waals surface area (Å²) in [4.78, 5) is 28.2. The molecule has 3 rings (SSSR count). The fourth-order valence-electron chi connectivity index (χ4n) is 4.09. The second kappa shape index (κ2) is 12.6. The minimum atomic E-state index is -4.10. The summed E-state index contributed by atoms with van der Waals surface area (Å²) < 4.78 is 34.2. The second-order valence-corrected chi connectivity index (χ2v) is 10.9. The summed E-state index contributed by atoms with van der Waals surface area (Å²) in [6, 6.07) is 19.9. The number of ether oxygens (including phenoxy) is 1. The van der Waals surface area contributed by atoms with Crippen molar-refractivity contribution in [1.82, 2.24) is 10.2 Å². The smallest absolute Gasteiger partial charge is 0.264 e. The molecule has 2 amide bonds. The first kappa shape index (κ1) is 28.7. The van der Waals surface area contributed by atoms with Crippen molar-refractivity contribution in [2.45, 2.75) is 45.2 Å². The molecule has 0 saturated heterocycles. The zero-order valence-corrected chi connectivity index (χ0v) is 23.3. The van der Waals surface area contributed by atoms with E-state index in [2.05, 4.69) is 5.32 Å². The molecule has 3 aromatic rings. The quantitative estimate of drug-likeness (QED) is 0.398. The van der Waals surface area contributed by atoms with Gasteiger partial charge in [0.25, 0.3) is 10.0 Å². The van der Waals surface area contributed by atoms with Crippen molar-refractivity contribution >= 4 is 27.5 Å². The van der Waals surface area contributed by atoms with Gasteiger partial charge in [-0.15, -0.1) is 0 Å². The molecule has 9 heteroatoms. The van der Waals surface area contributed by atoms with Crippen LogP contribution in [-0.2, 0) is 26.2 Å². The maximum atomic E-state index is 13.9.